The molecule has 2 aromatic rings. The van der Waals surface area contributed by atoms with Crippen molar-refractivity contribution >= 4 is 11.9 Å². The lowest BCUT2D eigenvalue weighted by molar-refractivity contribution is 0.185. The Kier molecular flexibility index (Phi) is 5.36. The van der Waals surface area contributed by atoms with Crippen LogP contribution in [0.2, 0.25) is 0 Å². The zero-order chi connectivity index (χ0) is 16.8. The molecule has 6 nitrogen and oxygen atoms in total. The van der Waals surface area contributed by atoms with Gasteiger partial charge in [0.25, 0.3) is 0 Å². The molecule has 0 atom stereocenters. The standard InChI is InChI=1S/C18H23N3O3/c1-21(15-8-4-2-5-9-15)18(22)19-17-12-14(20-24-17)13-23-16-10-6-3-7-11-16/h3,6-7,10-12,15H,2,4-5,8-9,13H2,1H3,(H,19,22). The molecular formula is C18H23N3O3. The third-order valence-electron chi connectivity index (χ3n) is 4.36. The molecule has 0 saturated heterocycles. The van der Waals surface area contributed by atoms with Gasteiger partial charge in [-0.1, -0.05) is 42.6 Å². The van der Waals surface area contributed by atoms with Gasteiger partial charge in [0, 0.05) is 19.2 Å². The first-order valence-corrected chi connectivity index (χ1v) is 8.39. The van der Waals surface area contributed by atoms with E-state index < -0.39 is 0 Å². The maximum Gasteiger partial charge on any atom is 0.324 e. The molecule has 2 amide bonds. The summed E-state index contributed by atoms with van der Waals surface area (Å²) in [7, 11) is 1.83. The van der Waals surface area contributed by atoms with Gasteiger partial charge in [-0.25, -0.2) is 4.79 Å². The molecule has 6 heteroatoms. The lowest BCUT2D eigenvalue weighted by Gasteiger charge is -2.30. The van der Waals surface area contributed by atoms with Gasteiger partial charge in [-0.15, -0.1) is 0 Å². The van der Waals surface area contributed by atoms with Crippen molar-refractivity contribution in [3.63, 3.8) is 0 Å². The van der Waals surface area contributed by atoms with E-state index in [0.29, 0.717) is 24.2 Å². The molecule has 1 saturated carbocycles. The molecule has 3 rings (SSSR count). The number of amides is 2. The Morgan fingerprint density at radius 3 is 2.79 bits per heavy atom. The summed E-state index contributed by atoms with van der Waals surface area (Å²) in [4.78, 5) is 14.1. The van der Waals surface area contributed by atoms with E-state index in [1.807, 2.05) is 37.4 Å². The molecule has 0 spiro atoms. The third-order valence-corrected chi connectivity index (χ3v) is 4.36. The normalized spacial score (nSPS) is 15.0. The highest BCUT2D eigenvalue weighted by molar-refractivity contribution is 5.87. The number of urea groups is 1. The number of aromatic nitrogens is 1. The van der Waals surface area contributed by atoms with Crippen LogP contribution in [0.25, 0.3) is 0 Å². The van der Waals surface area contributed by atoms with Gasteiger partial charge in [0.15, 0.2) is 0 Å². The number of anilines is 1. The summed E-state index contributed by atoms with van der Waals surface area (Å²) in [6.45, 7) is 0.294. The first kappa shape index (κ1) is 16.4. The van der Waals surface area contributed by atoms with Crippen LogP contribution in [0.5, 0.6) is 5.75 Å². The minimum Gasteiger partial charge on any atom is -0.487 e. The number of rotatable bonds is 5. The zero-order valence-electron chi connectivity index (χ0n) is 13.9. The maximum atomic E-state index is 12.3. The predicted octanol–water partition coefficient (Wildman–Crippen LogP) is 4.05. The lowest BCUT2D eigenvalue weighted by Crippen LogP contribution is -2.40. The van der Waals surface area contributed by atoms with Crippen LogP contribution in [0.4, 0.5) is 10.7 Å². The van der Waals surface area contributed by atoms with Gasteiger partial charge in [0.05, 0.1) is 0 Å². The second-order valence-corrected chi connectivity index (χ2v) is 6.12. The van der Waals surface area contributed by atoms with Gasteiger partial charge in [-0.05, 0) is 25.0 Å². The molecule has 0 aliphatic heterocycles. The van der Waals surface area contributed by atoms with E-state index >= 15 is 0 Å². The maximum absolute atomic E-state index is 12.3. The molecule has 1 aromatic carbocycles. The molecule has 0 bridgehead atoms. The molecule has 1 aliphatic rings. The quantitative estimate of drug-likeness (QED) is 0.898. The molecule has 24 heavy (non-hydrogen) atoms. The summed E-state index contributed by atoms with van der Waals surface area (Å²) in [5, 5.41) is 6.68. The van der Waals surface area contributed by atoms with Crippen LogP contribution in [-0.4, -0.2) is 29.2 Å². The average Bonchev–Trinajstić information content (AvgIpc) is 3.08. The van der Waals surface area contributed by atoms with E-state index in [2.05, 4.69) is 10.5 Å². The van der Waals surface area contributed by atoms with Crippen LogP contribution in [-0.2, 0) is 6.61 Å². The Balaban J connectivity index is 1.50. The van der Waals surface area contributed by atoms with Crippen LogP contribution < -0.4 is 10.1 Å². The second kappa shape index (κ2) is 7.86. The molecule has 1 aliphatic carbocycles. The fourth-order valence-corrected chi connectivity index (χ4v) is 2.94. The predicted molar refractivity (Wildman–Crippen MR) is 90.9 cm³/mol. The van der Waals surface area contributed by atoms with Crippen molar-refractivity contribution in [2.24, 2.45) is 0 Å². The number of nitrogens with zero attached hydrogens (tertiary/aromatic N) is 2. The van der Waals surface area contributed by atoms with E-state index in [1.165, 1.54) is 19.3 Å². The average molecular weight is 329 g/mol. The number of carbonyl (C=O) groups is 1. The van der Waals surface area contributed by atoms with Crippen molar-refractivity contribution in [3.8, 4) is 5.75 Å². The van der Waals surface area contributed by atoms with Gasteiger partial charge in [-0.2, -0.15) is 0 Å². The lowest BCUT2D eigenvalue weighted by atomic mass is 9.95. The SMILES string of the molecule is CN(C(=O)Nc1cc(COc2ccccc2)no1)C1CCCCC1. The van der Waals surface area contributed by atoms with Crippen molar-refractivity contribution < 1.29 is 14.1 Å². The van der Waals surface area contributed by atoms with E-state index in [4.69, 9.17) is 9.26 Å². The minimum atomic E-state index is -0.159. The zero-order valence-corrected chi connectivity index (χ0v) is 13.9. The molecule has 0 unspecified atom stereocenters. The van der Waals surface area contributed by atoms with E-state index in [9.17, 15) is 4.79 Å². The molecule has 0 radical (unpaired) electrons. The van der Waals surface area contributed by atoms with Crippen LogP contribution in [0.15, 0.2) is 40.9 Å². The molecule has 128 valence electrons. The van der Waals surface area contributed by atoms with Gasteiger partial charge in [-0.3, -0.25) is 5.32 Å². The van der Waals surface area contributed by atoms with Gasteiger partial charge in [0.2, 0.25) is 5.88 Å². The molecule has 1 heterocycles. The number of ether oxygens (including phenoxy) is 1. The van der Waals surface area contributed by atoms with Crippen LogP contribution in [0.3, 0.4) is 0 Å². The number of benzene rings is 1. The highest BCUT2D eigenvalue weighted by Gasteiger charge is 2.22. The Hall–Kier alpha value is -2.50. The van der Waals surface area contributed by atoms with Gasteiger partial charge < -0.3 is 14.2 Å². The third kappa shape index (κ3) is 4.28. The monoisotopic (exact) mass is 329 g/mol. The van der Waals surface area contributed by atoms with Crippen molar-refractivity contribution in [1.82, 2.24) is 10.1 Å². The van der Waals surface area contributed by atoms with Crippen LogP contribution in [0, 0.1) is 0 Å². The number of carbonyl (C=O) groups excluding carboxylic acids is 1. The number of hydrogen-bond donors (Lipinski definition) is 1. The summed E-state index contributed by atoms with van der Waals surface area (Å²) < 4.78 is 10.8. The summed E-state index contributed by atoms with van der Waals surface area (Å²) in [6, 6.07) is 11.3. The Morgan fingerprint density at radius 2 is 2.04 bits per heavy atom. The van der Waals surface area contributed by atoms with Gasteiger partial charge >= 0.3 is 6.03 Å². The highest BCUT2D eigenvalue weighted by atomic mass is 16.5. The summed E-state index contributed by atoms with van der Waals surface area (Å²) in [6.07, 6.45) is 5.77. The first-order valence-electron chi connectivity index (χ1n) is 8.39. The number of hydrogen-bond acceptors (Lipinski definition) is 4. The fourth-order valence-electron chi connectivity index (χ4n) is 2.94. The minimum absolute atomic E-state index is 0.159. The Bertz CT molecular complexity index is 651. The molecule has 1 aromatic heterocycles. The summed E-state index contributed by atoms with van der Waals surface area (Å²) in [5.74, 6) is 1.11. The topological polar surface area (TPSA) is 67.6 Å². The smallest absolute Gasteiger partial charge is 0.324 e. The highest BCUT2D eigenvalue weighted by Crippen LogP contribution is 2.22. The Labute approximate surface area is 141 Å². The second-order valence-electron chi connectivity index (χ2n) is 6.12. The Morgan fingerprint density at radius 1 is 1.29 bits per heavy atom. The van der Waals surface area contributed by atoms with Crippen molar-refractivity contribution in [2.75, 3.05) is 12.4 Å². The fraction of sp³-hybridized carbons (Fsp3) is 0.444. The first-order chi connectivity index (χ1) is 11.7. The van der Waals surface area contributed by atoms with Crippen molar-refractivity contribution in [1.29, 1.82) is 0 Å². The van der Waals surface area contributed by atoms with E-state index in [0.717, 1.165) is 18.6 Å². The molecular weight excluding hydrogens is 306 g/mol. The molecule has 1 N–H and O–H groups in total. The van der Waals surface area contributed by atoms with Gasteiger partial charge in [0.1, 0.15) is 18.1 Å². The summed E-state index contributed by atoms with van der Waals surface area (Å²) in [5.41, 5.74) is 0.634. The number of para-hydroxylation sites is 1. The molecule has 1 fully saturated rings. The van der Waals surface area contributed by atoms with Crippen LogP contribution >= 0.6 is 0 Å². The van der Waals surface area contributed by atoms with Crippen molar-refractivity contribution in [2.45, 2.75) is 44.8 Å². The summed E-state index contributed by atoms with van der Waals surface area (Å²) >= 11 is 0. The van der Waals surface area contributed by atoms with E-state index in [1.54, 1.807) is 11.0 Å². The number of nitrogens with one attached hydrogen (secondary N) is 1. The van der Waals surface area contributed by atoms with E-state index in [-0.39, 0.29) is 6.03 Å². The van der Waals surface area contributed by atoms with Crippen molar-refractivity contribution in [3.05, 3.63) is 42.1 Å². The largest absolute Gasteiger partial charge is 0.487 e. The van der Waals surface area contributed by atoms with Crippen LogP contribution in [0.1, 0.15) is 37.8 Å².